The molecule has 94 valence electrons. The van der Waals surface area contributed by atoms with Crippen molar-refractivity contribution in [3.05, 3.63) is 47.8 Å². The molecule has 5 heteroatoms. The van der Waals surface area contributed by atoms with Crippen LogP contribution in [0.5, 0.6) is 0 Å². The smallest absolute Gasteiger partial charge is 0.160 e. The van der Waals surface area contributed by atoms with E-state index in [1.54, 1.807) is 12.4 Å². The quantitative estimate of drug-likeness (QED) is 0.550. The van der Waals surface area contributed by atoms with Crippen LogP contribution in [0.3, 0.4) is 0 Å². The number of nitrogens with one attached hydrogen (secondary N) is 2. The third-order valence-electron chi connectivity index (χ3n) is 2.74. The number of hydrazine groups is 1. The van der Waals surface area contributed by atoms with Crippen LogP contribution in [0.15, 0.2) is 36.7 Å². The monoisotopic (exact) mass is 243 g/mol. The summed E-state index contributed by atoms with van der Waals surface area (Å²) in [6.45, 7) is 2.93. The Hall–Kier alpha value is -2.14. The van der Waals surface area contributed by atoms with E-state index in [2.05, 4.69) is 45.8 Å². The Morgan fingerprint density at radius 3 is 2.72 bits per heavy atom. The Kier molecular flexibility index (Phi) is 4.09. The maximum Gasteiger partial charge on any atom is 0.160 e. The van der Waals surface area contributed by atoms with Crippen LogP contribution in [-0.2, 0) is 6.42 Å². The lowest BCUT2D eigenvalue weighted by Crippen LogP contribution is -2.12. The van der Waals surface area contributed by atoms with Crippen LogP contribution >= 0.6 is 0 Å². The Morgan fingerprint density at radius 2 is 1.94 bits per heavy atom. The lowest BCUT2D eigenvalue weighted by molar-refractivity contribution is 0.987. The van der Waals surface area contributed by atoms with Gasteiger partial charge in [0.2, 0.25) is 0 Å². The highest BCUT2D eigenvalue weighted by Crippen LogP contribution is 2.09. The Bertz CT molecular complexity index is 512. The molecule has 0 unspecified atom stereocenters. The number of benzene rings is 1. The normalized spacial score (nSPS) is 10.1. The number of nitrogens with zero attached hydrogens (tertiary/aromatic N) is 2. The molecule has 1 aromatic heterocycles. The van der Waals surface area contributed by atoms with Crippen LogP contribution in [0.1, 0.15) is 11.1 Å². The van der Waals surface area contributed by atoms with E-state index < -0.39 is 0 Å². The predicted octanol–water partition coefficient (Wildman–Crippen LogP) is 1.73. The highest BCUT2D eigenvalue weighted by Gasteiger charge is 1.99. The number of aryl methyl sites for hydroxylation is 1. The lowest BCUT2D eigenvalue weighted by Gasteiger charge is -2.08. The molecule has 0 radical (unpaired) electrons. The summed E-state index contributed by atoms with van der Waals surface area (Å²) in [5.74, 6) is 6.55. The summed E-state index contributed by atoms with van der Waals surface area (Å²) >= 11 is 0. The van der Waals surface area contributed by atoms with Crippen LogP contribution in [0.4, 0.5) is 11.6 Å². The van der Waals surface area contributed by atoms with Crippen molar-refractivity contribution in [1.82, 2.24) is 9.97 Å². The zero-order valence-electron chi connectivity index (χ0n) is 10.4. The first kappa shape index (κ1) is 12.3. The van der Waals surface area contributed by atoms with Crippen LogP contribution < -0.4 is 16.6 Å². The van der Waals surface area contributed by atoms with Crippen LogP contribution in [0.25, 0.3) is 0 Å². The molecule has 2 rings (SSSR count). The van der Waals surface area contributed by atoms with E-state index in [9.17, 15) is 0 Å². The van der Waals surface area contributed by atoms with E-state index >= 15 is 0 Å². The number of hydrogen-bond donors (Lipinski definition) is 3. The maximum atomic E-state index is 5.28. The van der Waals surface area contributed by atoms with Crippen LogP contribution in [-0.4, -0.2) is 16.5 Å². The van der Waals surface area contributed by atoms with Crippen molar-refractivity contribution < 1.29 is 0 Å². The van der Waals surface area contributed by atoms with Crippen molar-refractivity contribution in [2.75, 3.05) is 17.3 Å². The first-order valence-corrected chi connectivity index (χ1v) is 5.86. The van der Waals surface area contributed by atoms with Crippen LogP contribution in [0, 0.1) is 6.92 Å². The predicted molar refractivity (Wildman–Crippen MR) is 73.2 cm³/mol. The minimum Gasteiger partial charge on any atom is -0.368 e. The number of rotatable bonds is 5. The summed E-state index contributed by atoms with van der Waals surface area (Å²) in [6, 6.07) is 8.36. The number of hydrogen-bond acceptors (Lipinski definition) is 5. The molecule has 0 atom stereocenters. The molecular weight excluding hydrogens is 226 g/mol. The summed E-state index contributed by atoms with van der Waals surface area (Å²) in [5.41, 5.74) is 5.12. The van der Waals surface area contributed by atoms with E-state index in [1.165, 1.54) is 11.1 Å². The SMILES string of the molecule is Cc1ccccc1CCNc1cncc(NN)n1. The zero-order valence-corrected chi connectivity index (χ0v) is 10.4. The zero-order chi connectivity index (χ0) is 12.8. The minimum atomic E-state index is 0.552. The average molecular weight is 243 g/mol. The fraction of sp³-hybridized carbons (Fsp3) is 0.231. The minimum absolute atomic E-state index is 0.552. The highest BCUT2D eigenvalue weighted by molar-refractivity contribution is 5.40. The number of nitrogens with two attached hydrogens (primary N) is 1. The second-order valence-corrected chi connectivity index (χ2v) is 4.04. The first-order valence-electron chi connectivity index (χ1n) is 5.86. The molecule has 0 amide bonds. The third-order valence-corrected chi connectivity index (χ3v) is 2.74. The molecule has 1 heterocycles. The molecule has 0 spiro atoms. The van der Waals surface area contributed by atoms with E-state index in [4.69, 9.17) is 5.84 Å². The van der Waals surface area contributed by atoms with Gasteiger partial charge < -0.3 is 10.7 Å². The second-order valence-electron chi connectivity index (χ2n) is 4.04. The largest absolute Gasteiger partial charge is 0.368 e. The first-order chi connectivity index (χ1) is 8.79. The van der Waals surface area contributed by atoms with Gasteiger partial charge in [0, 0.05) is 6.54 Å². The van der Waals surface area contributed by atoms with Gasteiger partial charge in [-0.2, -0.15) is 0 Å². The topological polar surface area (TPSA) is 75.9 Å². The molecule has 5 nitrogen and oxygen atoms in total. The molecule has 0 fully saturated rings. The van der Waals surface area contributed by atoms with E-state index in [-0.39, 0.29) is 0 Å². The van der Waals surface area contributed by atoms with Crippen molar-refractivity contribution in [2.45, 2.75) is 13.3 Å². The molecule has 0 saturated carbocycles. The van der Waals surface area contributed by atoms with Gasteiger partial charge >= 0.3 is 0 Å². The molecule has 0 bridgehead atoms. The van der Waals surface area contributed by atoms with Gasteiger partial charge in [-0.1, -0.05) is 24.3 Å². The number of aromatic nitrogens is 2. The highest BCUT2D eigenvalue weighted by atomic mass is 15.3. The molecule has 1 aromatic carbocycles. The Labute approximate surface area is 106 Å². The van der Waals surface area contributed by atoms with Gasteiger partial charge in [-0.05, 0) is 24.5 Å². The van der Waals surface area contributed by atoms with Gasteiger partial charge in [0.25, 0.3) is 0 Å². The van der Waals surface area contributed by atoms with Crippen molar-refractivity contribution >= 4 is 11.6 Å². The molecule has 0 saturated heterocycles. The molecule has 4 N–H and O–H groups in total. The number of anilines is 2. The maximum absolute atomic E-state index is 5.28. The van der Waals surface area contributed by atoms with Crippen molar-refractivity contribution in [3.63, 3.8) is 0 Å². The Morgan fingerprint density at radius 1 is 1.17 bits per heavy atom. The summed E-state index contributed by atoms with van der Waals surface area (Å²) in [6.07, 6.45) is 4.21. The fourth-order valence-electron chi connectivity index (χ4n) is 1.74. The summed E-state index contributed by atoms with van der Waals surface area (Å²) in [5, 5.41) is 3.23. The molecule has 0 aliphatic carbocycles. The molecule has 2 aromatic rings. The van der Waals surface area contributed by atoms with E-state index in [0.717, 1.165) is 18.8 Å². The van der Waals surface area contributed by atoms with Crippen molar-refractivity contribution in [3.8, 4) is 0 Å². The van der Waals surface area contributed by atoms with E-state index in [0.29, 0.717) is 5.82 Å². The third kappa shape index (κ3) is 3.18. The average Bonchev–Trinajstić information content (AvgIpc) is 2.41. The second kappa shape index (κ2) is 5.97. The van der Waals surface area contributed by atoms with Crippen molar-refractivity contribution in [1.29, 1.82) is 0 Å². The van der Waals surface area contributed by atoms with Gasteiger partial charge in [-0.25, -0.2) is 10.8 Å². The molecular formula is C13H17N5. The molecule has 0 aliphatic heterocycles. The van der Waals surface area contributed by atoms with E-state index in [1.807, 2.05) is 6.07 Å². The molecule has 0 aliphatic rings. The van der Waals surface area contributed by atoms with Gasteiger partial charge in [-0.3, -0.25) is 4.98 Å². The summed E-state index contributed by atoms with van der Waals surface area (Å²) in [7, 11) is 0. The molecule has 18 heavy (non-hydrogen) atoms. The van der Waals surface area contributed by atoms with Gasteiger partial charge in [0.05, 0.1) is 12.4 Å². The lowest BCUT2D eigenvalue weighted by atomic mass is 10.1. The number of nitrogen functional groups attached to an aromatic ring is 1. The Balaban J connectivity index is 1.90. The van der Waals surface area contributed by atoms with Gasteiger partial charge in [0.15, 0.2) is 5.82 Å². The standard InChI is InChI=1S/C13H17N5/c1-10-4-2-3-5-11(10)6-7-16-12-8-15-9-13(17-12)18-14/h2-5,8-9H,6-7,14H2,1H3,(H2,16,17,18). The fourth-order valence-corrected chi connectivity index (χ4v) is 1.74. The summed E-state index contributed by atoms with van der Waals surface area (Å²) in [4.78, 5) is 8.27. The van der Waals surface area contributed by atoms with Crippen LogP contribution in [0.2, 0.25) is 0 Å². The van der Waals surface area contributed by atoms with Gasteiger partial charge in [0.1, 0.15) is 5.82 Å². The summed E-state index contributed by atoms with van der Waals surface area (Å²) < 4.78 is 0. The van der Waals surface area contributed by atoms with Gasteiger partial charge in [-0.15, -0.1) is 0 Å². The van der Waals surface area contributed by atoms with Crippen molar-refractivity contribution in [2.24, 2.45) is 5.84 Å².